The molecule has 4 aromatic rings. The van der Waals surface area contributed by atoms with Crippen LogP contribution in [0.1, 0.15) is 59.3 Å². The highest BCUT2D eigenvalue weighted by molar-refractivity contribution is 7.89. The van der Waals surface area contributed by atoms with Crippen molar-refractivity contribution >= 4 is 21.6 Å². The lowest BCUT2D eigenvalue weighted by molar-refractivity contribution is -0.120. The molecule has 6 rings (SSSR count). The van der Waals surface area contributed by atoms with Gasteiger partial charge in [-0.2, -0.15) is 0 Å². The summed E-state index contributed by atoms with van der Waals surface area (Å²) in [6.07, 6.45) is 6.66. The van der Waals surface area contributed by atoms with Crippen LogP contribution in [0, 0.1) is 18.7 Å². The van der Waals surface area contributed by atoms with Crippen molar-refractivity contribution < 1.29 is 17.6 Å². The second-order valence-corrected chi connectivity index (χ2v) is 12.8. The first kappa shape index (κ1) is 27.4. The zero-order valence-corrected chi connectivity index (χ0v) is 23.9. The largest absolute Gasteiger partial charge is 0.337 e. The quantitative estimate of drug-likeness (QED) is 0.300. The normalized spacial score (nSPS) is 19.9. The number of aryl methyl sites for hydroxylation is 3. The number of amides is 1. The molecule has 41 heavy (non-hydrogen) atoms. The molecule has 0 radical (unpaired) electrons. The zero-order valence-electron chi connectivity index (χ0n) is 23.1. The summed E-state index contributed by atoms with van der Waals surface area (Å²) in [5.41, 5.74) is 4.08. The number of nitrogens with one attached hydrogen (secondary N) is 1. The number of carbonyl (C=O) groups is 1. The number of hydrogen-bond acceptors (Lipinski definition) is 4. The van der Waals surface area contributed by atoms with E-state index >= 15 is 0 Å². The first-order chi connectivity index (χ1) is 19.7. The molecule has 0 saturated heterocycles. The molecule has 3 aromatic carbocycles. The molecule has 7 nitrogen and oxygen atoms in total. The van der Waals surface area contributed by atoms with Gasteiger partial charge in [-0.3, -0.25) is 4.79 Å². The number of aromatic nitrogens is 2. The highest BCUT2D eigenvalue weighted by Crippen LogP contribution is 2.49. The van der Waals surface area contributed by atoms with E-state index < -0.39 is 21.9 Å². The van der Waals surface area contributed by atoms with Gasteiger partial charge in [0.15, 0.2) is 0 Å². The molecule has 0 unspecified atom stereocenters. The number of nitrogens with zero attached hydrogens (tertiary/aromatic N) is 3. The number of hydrogen-bond donors (Lipinski definition) is 1. The number of rotatable bonds is 8. The Morgan fingerprint density at radius 2 is 1.93 bits per heavy atom. The number of anilines is 1. The van der Waals surface area contributed by atoms with Crippen molar-refractivity contribution in [3.8, 4) is 0 Å². The minimum absolute atomic E-state index is 0.0342. The number of halogens is 1. The van der Waals surface area contributed by atoms with Crippen LogP contribution in [0.4, 0.5) is 10.1 Å². The van der Waals surface area contributed by atoms with E-state index in [9.17, 15) is 17.6 Å². The summed E-state index contributed by atoms with van der Waals surface area (Å²) in [7, 11) is -1.98. The van der Waals surface area contributed by atoms with Gasteiger partial charge < -0.3 is 9.47 Å². The van der Waals surface area contributed by atoms with E-state index in [1.54, 1.807) is 18.0 Å². The number of imidazole rings is 1. The van der Waals surface area contributed by atoms with Gasteiger partial charge in [-0.15, -0.1) is 0 Å². The van der Waals surface area contributed by atoms with E-state index in [0.717, 1.165) is 41.9 Å². The standard InChI is InChI=1S/C32H33FN4O3S/c1-21-17-25(13-14-29(21)33)41(39,40)35-30-10-6-9-23-11-12-24(18-27(23)30)37(20-31-34-15-16-36(31)2)32(38)28-19-26(28)22-7-4-3-5-8-22/h3-5,7-8,11-18,26,28,30,35H,6,9-10,19-20H2,1-2H3/t26-,28+,30-/m1/s1. The molecule has 1 amide bonds. The number of benzene rings is 3. The minimum atomic E-state index is -3.89. The lowest BCUT2D eigenvalue weighted by Gasteiger charge is -2.29. The summed E-state index contributed by atoms with van der Waals surface area (Å²) in [5, 5.41) is 0. The molecule has 9 heteroatoms. The highest BCUT2D eigenvalue weighted by atomic mass is 32.2. The Kier molecular flexibility index (Phi) is 7.25. The van der Waals surface area contributed by atoms with Crippen molar-refractivity contribution in [1.82, 2.24) is 14.3 Å². The summed E-state index contributed by atoms with van der Waals surface area (Å²) < 4.78 is 45.2. The molecular weight excluding hydrogens is 539 g/mol. The number of fused-ring (bicyclic) bond motifs is 1. The maximum Gasteiger partial charge on any atom is 0.241 e. The maximum atomic E-state index is 14.0. The van der Waals surface area contributed by atoms with Crippen LogP contribution in [-0.2, 0) is 34.8 Å². The fourth-order valence-corrected chi connectivity index (χ4v) is 7.17. The Labute approximate surface area is 240 Å². The molecule has 1 aromatic heterocycles. The van der Waals surface area contributed by atoms with Crippen LogP contribution in [0.5, 0.6) is 0 Å². The van der Waals surface area contributed by atoms with E-state index in [0.29, 0.717) is 13.0 Å². The molecule has 2 aliphatic carbocycles. The second kappa shape index (κ2) is 10.9. The van der Waals surface area contributed by atoms with Gasteiger partial charge >= 0.3 is 0 Å². The van der Waals surface area contributed by atoms with Gasteiger partial charge in [-0.1, -0.05) is 36.4 Å². The van der Waals surface area contributed by atoms with E-state index in [4.69, 9.17) is 0 Å². The fourth-order valence-electron chi connectivity index (χ4n) is 5.84. The number of carbonyl (C=O) groups excluding carboxylic acids is 1. The first-order valence-electron chi connectivity index (χ1n) is 13.9. The predicted octanol–water partition coefficient (Wildman–Crippen LogP) is 5.56. The van der Waals surface area contributed by atoms with Crippen molar-refractivity contribution in [2.45, 2.75) is 56.0 Å². The Balaban J connectivity index is 1.32. The Bertz CT molecular complexity index is 1700. The average Bonchev–Trinajstić information content (AvgIpc) is 3.67. The highest BCUT2D eigenvalue weighted by Gasteiger charge is 2.46. The van der Waals surface area contributed by atoms with Crippen molar-refractivity contribution in [3.63, 3.8) is 0 Å². The van der Waals surface area contributed by atoms with Crippen LogP contribution in [0.25, 0.3) is 0 Å². The minimum Gasteiger partial charge on any atom is -0.337 e. The molecule has 212 valence electrons. The molecule has 1 saturated carbocycles. The van der Waals surface area contributed by atoms with E-state index in [2.05, 4.69) is 21.8 Å². The van der Waals surface area contributed by atoms with Gasteiger partial charge in [0.2, 0.25) is 15.9 Å². The average molecular weight is 573 g/mol. The SMILES string of the molecule is Cc1cc(S(=O)(=O)N[C@@H]2CCCc3ccc(N(Cc4nccn4C)C(=O)[C@H]4C[C@@H]4c4ccccc4)cc32)ccc1F. The lowest BCUT2D eigenvalue weighted by Crippen LogP contribution is -2.34. The smallest absolute Gasteiger partial charge is 0.241 e. The van der Waals surface area contributed by atoms with E-state index in [-0.39, 0.29) is 28.2 Å². The van der Waals surface area contributed by atoms with Crippen LogP contribution in [-0.4, -0.2) is 23.9 Å². The molecule has 0 spiro atoms. The van der Waals surface area contributed by atoms with Crippen molar-refractivity contribution in [1.29, 1.82) is 0 Å². The molecular formula is C32H33FN4O3S. The summed E-state index contributed by atoms with van der Waals surface area (Å²) in [6.45, 7) is 1.86. The van der Waals surface area contributed by atoms with Crippen molar-refractivity contribution in [2.75, 3.05) is 4.90 Å². The molecule has 2 aliphatic rings. The van der Waals surface area contributed by atoms with Crippen molar-refractivity contribution in [2.24, 2.45) is 13.0 Å². The molecule has 0 aliphatic heterocycles. The van der Waals surface area contributed by atoms with Gasteiger partial charge in [-0.05, 0) is 91.1 Å². The summed E-state index contributed by atoms with van der Waals surface area (Å²) in [5.74, 6) is 0.418. The number of sulfonamides is 1. The Hall–Kier alpha value is -3.82. The molecule has 3 atom stereocenters. The third kappa shape index (κ3) is 5.56. The van der Waals surface area contributed by atoms with Gasteiger partial charge in [0, 0.05) is 37.1 Å². The Morgan fingerprint density at radius 1 is 1.12 bits per heavy atom. The third-order valence-electron chi connectivity index (χ3n) is 8.31. The molecule has 1 heterocycles. The maximum absolute atomic E-state index is 14.0. The van der Waals surface area contributed by atoms with Crippen LogP contribution in [0.15, 0.2) is 84.0 Å². The van der Waals surface area contributed by atoms with E-state index in [1.165, 1.54) is 23.8 Å². The topological polar surface area (TPSA) is 84.3 Å². The molecule has 1 N–H and O–H groups in total. The zero-order chi connectivity index (χ0) is 28.7. The van der Waals surface area contributed by atoms with Crippen LogP contribution in [0.2, 0.25) is 0 Å². The summed E-state index contributed by atoms with van der Waals surface area (Å²) in [4.78, 5) is 20.3. The van der Waals surface area contributed by atoms with Gasteiger partial charge in [0.1, 0.15) is 11.6 Å². The monoisotopic (exact) mass is 572 g/mol. The van der Waals surface area contributed by atoms with Crippen LogP contribution >= 0.6 is 0 Å². The van der Waals surface area contributed by atoms with Crippen LogP contribution in [0.3, 0.4) is 0 Å². The lowest BCUT2D eigenvalue weighted by atomic mass is 9.87. The second-order valence-electron chi connectivity index (χ2n) is 11.1. The summed E-state index contributed by atoms with van der Waals surface area (Å²) in [6, 6.07) is 19.4. The van der Waals surface area contributed by atoms with Gasteiger partial charge in [0.05, 0.1) is 11.4 Å². The molecule has 1 fully saturated rings. The van der Waals surface area contributed by atoms with Crippen LogP contribution < -0.4 is 9.62 Å². The van der Waals surface area contributed by atoms with E-state index in [1.807, 2.05) is 54.2 Å². The van der Waals surface area contributed by atoms with Gasteiger partial charge in [0.25, 0.3) is 0 Å². The fraction of sp³-hybridized carbons (Fsp3) is 0.312. The first-order valence-corrected chi connectivity index (χ1v) is 15.4. The third-order valence-corrected chi connectivity index (χ3v) is 9.78. The van der Waals surface area contributed by atoms with Gasteiger partial charge in [-0.25, -0.2) is 22.5 Å². The Morgan fingerprint density at radius 3 is 2.66 bits per heavy atom. The molecule has 0 bridgehead atoms. The summed E-state index contributed by atoms with van der Waals surface area (Å²) >= 11 is 0. The predicted molar refractivity (Wildman–Crippen MR) is 155 cm³/mol. The van der Waals surface area contributed by atoms with Crippen molar-refractivity contribution in [3.05, 3.63) is 113 Å².